The van der Waals surface area contributed by atoms with Crippen LogP contribution in [0.15, 0.2) is 76.5 Å². The lowest BCUT2D eigenvalue weighted by Crippen LogP contribution is -2.46. The molecule has 3 aromatic rings. The summed E-state index contributed by atoms with van der Waals surface area (Å²) in [5.74, 6) is 1.58. The van der Waals surface area contributed by atoms with Crippen LogP contribution in [0, 0.1) is 18.8 Å². The highest BCUT2D eigenvalue weighted by atomic mass is 32.2. The molecule has 5 heteroatoms. The van der Waals surface area contributed by atoms with E-state index < -0.39 is 9.84 Å². The summed E-state index contributed by atoms with van der Waals surface area (Å²) >= 11 is 0. The van der Waals surface area contributed by atoms with E-state index in [2.05, 4.69) is 19.1 Å². The van der Waals surface area contributed by atoms with Gasteiger partial charge in [0.15, 0.2) is 11.5 Å². The van der Waals surface area contributed by atoms with Gasteiger partial charge in [-0.1, -0.05) is 61.0 Å². The lowest BCUT2D eigenvalue weighted by molar-refractivity contribution is 0.140. The minimum absolute atomic E-state index is 0.0236. The number of allylic oxidation sites excluding steroid dienone is 1. The van der Waals surface area contributed by atoms with E-state index >= 15 is 0 Å². The summed E-state index contributed by atoms with van der Waals surface area (Å²) in [7, 11) is -0.387. The smallest absolute Gasteiger partial charge is 0.203 e. The summed E-state index contributed by atoms with van der Waals surface area (Å²) in [4.78, 5) is 0.830. The Bertz CT molecular complexity index is 1320. The second kappa shape index (κ2) is 8.07. The van der Waals surface area contributed by atoms with Gasteiger partial charge in [0, 0.05) is 11.5 Å². The first kappa shape index (κ1) is 21.8. The molecule has 1 fully saturated rings. The number of sulfone groups is 1. The monoisotopic (exact) mass is 460 g/mol. The maximum Gasteiger partial charge on any atom is 0.203 e. The molecular formula is C28H28O4S. The van der Waals surface area contributed by atoms with E-state index in [0.717, 1.165) is 16.7 Å². The predicted octanol–water partition coefficient (Wildman–Crippen LogP) is 5.97. The van der Waals surface area contributed by atoms with Crippen molar-refractivity contribution in [2.75, 3.05) is 14.2 Å². The van der Waals surface area contributed by atoms with Crippen molar-refractivity contribution in [1.82, 2.24) is 0 Å². The third-order valence-electron chi connectivity index (χ3n) is 7.31. The fraction of sp³-hybridized carbons (Fsp3) is 0.286. The molecule has 4 nitrogen and oxygen atoms in total. The molecule has 3 aromatic carbocycles. The number of rotatable bonds is 5. The Morgan fingerprint density at radius 1 is 0.788 bits per heavy atom. The number of aryl methyl sites for hydroxylation is 1. The maximum atomic E-state index is 13.9. The van der Waals surface area contributed by atoms with Crippen molar-refractivity contribution < 1.29 is 17.9 Å². The molecule has 0 heterocycles. The average Bonchev–Trinajstić information content (AvgIpc) is 2.82. The molecule has 5 rings (SSSR count). The number of fused-ring (bicyclic) bond motifs is 3. The molecule has 0 aliphatic heterocycles. The van der Waals surface area contributed by atoms with Crippen LogP contribution in [0.4, 0.5) is 0 Å². The topological polar surface area (TPSA) is 52.6 Å². The van der Waals surface area contributed by atoms with E-state index in [0.29, 0.717) is 21.3 Å². The van der Waals surface area contributed by atoms with Crippen molar-refractivity contribution in [3.8, 4) is 11.5 Å². The average molecular weight is 461 g/mol. The van der Waals surface area contributed by atoms with E-state index in [1.807, 2.05) is 55.5 Å². The molecule has 0 saturated heterocycles. The Hall–Kier alpha value is -3.05. The van der Waals surface area contributed by atoms with Gasteiger partial charge in [0.1, 0.15) is 0 Å². The second-order valence-electron chi connectivity index (χ2n) is 9.01. The highest BCUT2D eigenvalue weighted by Crippen LogP contribution is 2.65. The van der Waals surface area contributed by atoms with Crippen LogP contribution in [0.25, 0.3) is 6.08 Å². The van der Waals surface area contributed by atoms with Gasteiger partial charge in [-0.25, -0.2) is 8.42 Å². The van der Waals surface area contributed by atoms with Crippen LogP contribution in [-0.4, -0.2) is 22.6 Å². The SMILES string of the molecule is COc1ccc2c(c1OC)[C@@H]1[C@@H](C)[C@H](c3ccccc3)[C@@H]1C(S(=O)(=O)c1ccc(C)cc1)=C2. The summed E-state index contributed by atoms with van der Waals surface area (Å²) in [5.41, 5.74) is 4.13. The normalized spacial score (nSPS) is 23.6. The summed E-state index contributed by atoms with van der Waals surface area (Å²) in [6, 6.07) is 21.2. The molecule has 0 amide bonds. The minimum Gasteiger partial charge on any atom is -0.493 e. The van der Waals surface area contributed by atoms with Gasteiger partial charge < -0.3 is 9.47 Å². The van der Waals surface area contributed by atoms with Gasteiger partial charge in [-0.15, -0.1) is 0 Å². The summed E-state index contributed by atoms with van der Waals surface area (Å²) in [6.07, 6.45) is 1.86. The zero-order valence-electron chi connectivity index (χ0n) is 19.3. The fourth-order valence-electron chi connectivity index (χ4n) is 5.73. The van der Waals surface area contributed by atoms with Crippen molar-refractivity contribution in [2.45, 2.75) is 30.6 Å². The first-order valence-corrected chi connectivity index (χ1v) is 12.7. The number of methoxy groups -OCH3 is 2. The Labute approximate surface area is 195 Å². The van der Waals surface area contributed by atoms with Gasteiger partial charge >= 0.3 is 0 Å². The van der Waals surface area contributed by atoms with Crippen molar-refractivity contribution in [1.29, 1.82) is 0 Å². The molecule has 4 atom stereocenters. The maximum absolute atomic E-state index is 13.9. The van der Waals surface area contributed by atoms with Gasteiger partial charge in [0.2, 0.25) is 9.84 Å². The largest absolute Gasteiger partial charge is 0.493 e. The molecule has 0 unspecified atom stereocenters. The van der Waals surface area contributed by atoms with Crippen LogP contribution in [0.3, 0.4) is 0 Å². The third-order valence-corrected chi connectivity index (χ3v) is 9.21. The van der Waals surface area contributed by atoms with E-state index in [4.69, 9.17) is 9.47 Å². The Morgan fingerprint density at radius 3 is 2.12 bits per heavy atom. The molecule has 0 radical (unpaired) electrons. The zero-order chi connectivity index (χ0) is 23.3. The molecule has 0 N–H and O–H groups in total. The van der Waals surface area contributed by atoms with Crippen LogP contribution in [0.2, 0.25) is 0 Å². The molecular weight excluding hydrogens is 432 g/mol. The first-order chi connectivity index (χ1) is 15.9. The summed E-state index contributed by atoms with van der Waals surface area (Å²) in [5, 5.41) is 0. The zero-order valence-corrected chi connectivity index (χ0v) is 20.1. The standard InChI is InChI=1S/C28H28O4S/c1-17-10-13-21(14-11-17)33(29,30)23-16-20-12-15-22(31-3)28(32-4)26(20)25-18(2)24(27(23)25)19-8-6-5-7-9-19/h5-16,18,24-25,27H,1-4H3/t18-,24+,25-,27-/m0/s1. The molecule has 2 aliphatic rings. The second-order valence-corrected chi connectivity index (χ2v) is 11.0. The van der Waals surface area contributed by atoms with Crippen LogP contribution < -0.4 is 9.47 Å². The van der Waals surface area contributed by atoms with Crippen molar-refractivity contribution in [3.63, 3.8) is 0 Å². The van der Waals surface area contributed by atoms with E-state index in [1.165, 1.54) is 5.56 Å². The summed E-state index contributed by atoms with van der Waals surface area (Å²) in [6.45, 7) is 4.17. The number of hydrogen-bond donors (Lipinski definition) is 0. The first-order valence-electron chi connectivity index (χ1n) is 11.2. The van der Waals surface area contributed by atoms with Gasteiger partial charge in [-0.3, -0.25) is 0 Å². The molecule has 0 aromatic heterocycles. The highest BCUT2D eigenvalue weighted by molar-refractivity contribution is 7.95. The van der Waals surface area contributed by atoms with E-state index in [-0.39, 0.29) is 23.7 Å². The lowest BCUT2D eigenvalue weighted by atomic mass is 9.51. The quantitative estimate of drug-likeness (QED) is 0.470. The molecule has 0 spiro atoms. The minimum atomic E-state index is -3.66. The van der Waals surface area contributed by atoms with Gasteiger partial charge in [-0.05, 0) is 60.1 Å². The fourth-order valence-corrected chi connectivity index (χ4v) is 7.43. The van der Waals surface area contributed by atoms with Crippen LogP contribution in [0.5, 0.6) is 11.5 Å². The van der Waals surface area contributed by atoms with Crippen LogP contribution >= 0.6 is 0 Å². The van der Waals surface area contributed by atoms with Crippen LogP contribution in [-0.2, 0) is 9.84 Å². The van der Waals surface area contributed by atoms with E-state index in [1.54, 1.807) is 26.4 Å². The highest BCUT2D eigenvalue weighted by Gasteiger charge is 2.56. The molecule has 0 bridgehead atoms. The van der Waals surface area contributed by atoms with Gasteiger partial charge in [0.25, 0.3) is 0 Å². The van der Waals surface area contributed by atoms with Crippen molar-refractivity contribution in [2.24, 2.45) is 11.8 Å². The Morgan fingerprint density at radius 2 is 1.48 bits per heavy atom. The molecule has 170 valence electrons. The predicted molar refractivity (Wildman–Crippen MR) is 130 cm³/mol. The Kier molecular flexibility index (Phi) is 5.32. The third kappa shape index (κ3) is 3.29. The van der Waals surface area contributed by atoms with Gasteiger partial charge in [0.05, 0.1) is 24.0 Å². The number of benzene rings is 3. The van der Waals surface area contributed by atoms with Crippen molar-refractivity contribution in [3.05, 3.63) is 93.9 Å². The summed E-state index contributed by atoms with van der Waals surface area (Å²) < 4.78 is 39.2. The van der Waals surface area contributed by atoms with Crippen LogP contribution in [0.1, 0.15) is 41.0 Å². The molecule has 2 aliphatic carbocycles. The lowest BCUT2D eigenvalue weighted by Gasteiger charge is -2.54. The van der Waals surface area contributed by atoms with Gasteiger partial charge in [-0.2, -0.15) is 0 Å². The molecule has 33 heavy (non-hydrogen) atoms. The van der Waals surface area contributed by atoms with Crippen molar-refractivity contribution >= 4 is 15.9 Å². The number of hydrogen-bond acceptors (Lipinski definition) is 4. The molecule has 1 saturated carbocycles. The Balaban J connectivity index is 1.73. The van der Waals surface area contributed by atoms with E-state index in [9.17, 15) is 8.42 Å². The number of ether oxygens (including phenoxy) is 2.